The van der Waals surface area contributed by atoms with E-state index >= 15 is 0 Å². The molecule has 0 aliphatic heterocycles. The van der Waals surface area contributed by atoms with Crippen LogP contribution in [0.2, 0.25) is 0 Å². The maximum absolute atomic E-state index is 12.7. The molecule has 3 aromatic rings. The second kappa shape index (κ2) is 70.2. The molecule has 0 spiro atoms. The predicted octanol–water partition coefficient (Wildman–Crippen LogP) is 36.9. The molecule has 746 valence electrons. The van der Waals surface area contributed by atoms with Crippen molar-refractivity contribution in [3.63, 3.8) is 0 Å². The van der Waals surface area contributed by atoms with Gasteiger partial charge in [0, 0.05) is 0 Å². The average Bonchev–Trinajstić information content (AvgIpc) is 0.741. The Kier molecular flexibility index (Phi) is 66.2. The third-order valence-electron chi connectivity index (χ3n) is 33.0. The van der Waals surface area contributed by atoms with Crippen molar-refractivity contribution in [3.8, 4) is 0 Å². The van der Waals surface area contributed by atoms with E-state index in [-0.39, 0.29) is 11.8 Å². The first kappa shape index (κ1) is 120. The number of hydrogen-bond acceptors (Lipinski definition) is 9. The molecule has 0 aromatic heterocycles. The molecule has 127 heavy (non-hydrogen) atoms. The molecule has 0 aliphatic rings. The van der Waals surface area contributed by atoms with Gasteiger partial charge in [-0.25, -0.2) is 0 Å². The zero-order valence-corrected chi connectivity index (χ0v) is 89.3. The van der Waals surface area contributed by atoms with Gasteiger partial charge in [-0.15, -0.1) is 0 Å². The SMILES string of the molecule is CCCCCCCCCCCCCC(CCCCCCCCCCCCC)(C(C)(CC)c1cccc(C(C)CC(c2cccc(C(C)(CC)C(CCCCCCCCCCCCC)(CCCCCCCCCCCCC)[PH](O)(O)O)c2)c2cccc(C(C)(CC)C(CCCCCCCCCCCCC)(CCCCCCCCCCCCC)[PH](O)(O)O)c2)c1)[PH](O)(O)O. The van der Waals surface area contributed by atoms with Gasteiger partial charge in [-0.1, -0.05) is 80.1 Å². The predicted molar refractivity (Wildman–Crippen MR) is 567 cm³/mol. The first-order chi connectivity index (χ1) is 61.2. The van der Waals surface area contributed by atoms with E-state index in [4.69, 9.17) is 0 Å². The Balaban J connectivity index is 2.45. The van der Waals surface area contributed by atoms with Crippen LogP contribution in [0.25, 0.3) is 0 Å². The molecule has 0 heterocycles. The molecule has 3 rings (SSSR count). The van der Waals surface area contributed by atoms with E-state index in [9.17, 15) is 44.0 Å². The van der Waals surface area contributed by atoms with Gasteiger partial charge >= 0.3 is 716 Å². The maximum atomic E-state index is 12.7. The van der Waals surface area contributed by atoms with Crippen molar-refractivity contribution in [2.75, 3.05) is 0 Å². The van der Waals surface area contributed by atoms with Crippen LogP contribution in [-0.4, -0.2) is 59.5 Å². The number of unbranched alkanes of at least 4 members (excludes halogenated alkanes) is 60. The number of benzene rings is 3. The molecule has 0 radical (unpaired) electrons. The van der Waals surface area contributed by atoms with Gasteiger partial charge in [-0.3, -0.25) is 0 Å². The summed E-state index contributed by atoms with van der Waals surface area (Å²) < 4.78 is 0. The number of rotatable bonds is 89. The van der Waals surface area contributed by atoms with Crippen molar-refractivity contribution >= 4 is 23.8 Å². The number of hydrogen-bond donors (Lipinski definition) is 9. The van der Waals surface area contributed by atoms with Crippen LogP contribution in [0.3, 0.4) is 0 Å². The summed E-state index contributed by atoms with van der Waals surface area (Å²) in [4.78, 5) is 114. The Bertz CT molecular complexity index is 2850. The Morgan fingerprint density at radius 2 is 0.362 bits per heavy atom. The molecule has 9 N–H and O–H groups in total. The summed E-state index contributed by atoms with van der Waals surface area (Å²) >= 11 is 0. The van der Waals surface area contributed by atoms with Crippen LogP contribution in [0.1, 0.15) is 623 Å². The molecule has 0 saturated heterocycles. The summed E-state index contributed by atoms with van der Waals surface area (Å²) in [5.41, 5.74) is 3.99. The van der Waals surface area contributed by atoms with Gasteiger partial charge in [0.2, 0.25) is 0 Å². The summed E-state index contributed by atoms with van der Waals surface area (Å²) in [7, 11) is -14.8. The molecule has 4 atom stereocenters. The fraction of sp³-hybridized carbons (Fsp3) is 0.843. The molecule has 4 unspecified atom stereocenters. The summed E-state index contributed by atoms with van der Waals surface area (Å²) in [5, 5.41) is -3.46. The van der Waals surface area contributed by atoms with Crippen LogP contribution >= 0.6 is 23.8 Å². The van der Waals surface area contributed by atoms with Crippen LogP contribution < -0.4 is 0 Å². The van der Waals surface area contributed by atoms with Gasteiger partial charge < -0.3 is 0 Å². The third-order valence-corrected chi connectivity index (χ3v) is 40.0. The Hall–Kier alpha value is -1.41. The van der Waals surface area contributed by atoms with Crippen molar-refractivity contribution in [1.29, 1.82) is 0 Å². The standard InChI is InChI=1S/C115H217O9P3/c1-14-23-29-35-41-47-53-59-65-71-77-92-113(125(116,117)118,93-78-72-66-60-54-48-42-36-30-24-15-2)110(11,20-7)106-89-83-86-103(99-106)102(10)98-109(104-87-84-90-107(100-104)111(12,21-8)114(126(119,120)121,94-79-73-67-61-55-49-43-37-31-25-16-3)95-80-74-68-62-56-50-44-38-32-26-17-4)105-88-85-91-108(101-105)112(13,22-9)115(127(122,123)124,96-81-75-69-63-57-51-45-39-33-27-18-5)97-82-76-70-64-58-52-46-40-34-28-19-6/h83-91,99-102,109,116-127H,14-82,92-98H2,1-13H3. The minimum atomic E-state index is -4.96. The van der Waals surface area contributed by atoms with E-state index in [1.165, 1.54) is 308 Å². The molecule has 0 saturated carbocycles. The van der Waals surface area contributed by atoms with Crippen LogP contribution in [0.15, 0.2) is 72.8 Å². The second-order valence-electron chi connectivity index (χ2n) is 42.5. The van der Waals surface area contributed by atoms with Gasteiger partial charge in [0.25, 0.3) is 0 Å². The van der Waals surface area contributed by atoms with Gasteiger partial charge in [0.1, 0.15) is 0 Å². The van der Waals surface area contributed by atoms with Crippen molar-refractivity contribution in [1.82, 2.24) is 0 Å². The topological polar surface area (TPSA) is 182 Å². The average molecular weight is 1840 g/mol. The Labute approximate surface area is 790 Å². The monoisotopic (exact) mass is 1840 g/mol. The van der Waals surface area contributed by atoms with Gasteiger partial charge in [0.15, 0.2) is 0 Å². The van der Waals surface area contributed by atoms with E-state index in [1.807, 2.05) is 0 Å². The first-order valence-corrected chi connectivity index (χ1v) is 61.6. The molecule has 0 aliphatic carbocycles. The van der Waals surface area contributed by atoms with Crippen LogP contribution in [0.5, 0.6) is 0 Å². The first-order valence-electron chi connectivity index (χ1n) is 56.0. The molecule has 12 heteroatoms. The van der Waals surface area contributed by atoms with Crippen LogP contribution in [0.4, 0.5) is 0 Å². The zero-order chi connectivity index (χ0) is 93.3. The summed E-state index contributed by atoms with van der Waals surface area (Å²) in [5.74, 6) is -0.284. The van der Waals surface area contributed by atoms with Gasteiger partial charge in [0.05, 0.1) is 0 Å². The summed E-state index contributed by atoms with van der Waals surface area (Å²) in [6.07, 6.45) is 84.3. The third kappa shape index (κ3) is 42.6. The quantitative estimate of drug-likeness (QED) is 0.0196. The Morgan fingerprint density at radius 3 is 0.520 bits per heavy atom. The fourth-order valence-electron chi connectivity index (χ4n) is 23.5. The molecule has 0 amide bonds. The molecule has 3 aromatic carbocycles. The van der Waals surface area contributed by atoms with Crippen molar-refractivity contribution < 1.29 is 44.0 Å². The van der Waals surface area contributed by atoms with Crippen LogP contribution in [-0.2, 0) is 16.2 Å². The molecular weight excluding hydrogens is 1620 g/mol. The Morgan fingerprint density at radius 1 is 0.213 bits per heavy atom. The van der Waals surface area contributed by atoms with Crippen molar-refractivity contribution in [2.45, 2.75) is 622 Å². The van der Waals surface area contributed by atoms with Gasteiger partial charge in [-0.05, 0) is 0 Å². The van der Waals surface area contributed by atoms with Gasteiger partial charge in [-0.2, -0.15) is 0 Å². The molecule has 0 bridgehead atoms. The van der Waals surface area contributed by atoms with E-state index in [1.54, 1.807) is 0 Å². The van der Waals surface area contributed by atoms with E-state index in [0.29, 0.717) is 64.2 Å². The van der Waals surface area contributed by atoms with E-state index in [2.05, 4.69) is 163 Å². The summed E-state index contributed by atoms with van der Waals surface area (Å²) in [6, 6.07) is 27.2. The van der Waals surface area contributed by atoms with Crippen LogP contribution in [0, 0.1) is 0 Å². The summed E-state index contributed by atoms with van der Waals surface area (Å²) in [6.45, 7) is 29.4. The molecular formula is C115H217O9P3. The molecule has 9 nitrogen and oxygen atoms in total. The fourth-order valence-corrected chi connectivity index (χ4v) is 29.7. The van der Waals surface area contributed by atoms with E-state index in [0.717, 1.165) is 149 Å². The minimum absolute atomic E-state index is 0.0530. The van der Waals surface area contributed by atoms with Crippen molar-refractivity contribution in [3.05, 3.63) is 106 Å². The van der Waals surface area contributed by atoms with E-state index < -0.39 is 55.5 Å². The zero-order valence-electron chi connectivity index (χ0n) is 86.3. The van der Waals surface area contributed by atoms with Crippen molar-refractivity contribution in [2.24, 2.45) is 0 Å². The molecule has 0 fully saturated rings. The normalized spacial score (nSPS) is 15.1. The second-order valence-corrected chi connectivity index (χ2v) is 49.2.